The van der Waals surface area contributed by atoms with E-state index in [1.807, 2.05) is 0 Å². The van der Waals surface area contributed by atoms with E-state index in [1.165, 1.54) is 0 Å². The molecule has 1 amide bonds. The highest BCUT2D eigenvalue weighted by Gasteiger charge is 2.29. The molecule has 4 rings (SSSR count). The van der Waals surface area contributed by atoms with E-state index in [-0.39, 0.29) is 17.4 Å². The number of fused-ring (bicyclic) bond motifs is 1. The number of amides is 1. The van der Waals surface area contributed by atoms with Crippen molar-refractivity contribution in [3.05, 3.63) is 51.5 Å². The Bertz CT molecular complexity index is 1080. The van der Waals surface area contributed by atoms with Gasteiger partial charge in [0.25, 0.3) is 5.56 Å². The van der Waals surface area contributed by atoms with E-state index < -0.39 is 6.04 Å². The molecule has 0 spiro atoms. The van der Waals surface area contributed by atoms with Gasteiger partial charge in [-0.3, -0.25) is 9.59 Å². The van der Waals surface area contributed by atoms with Gasteiger partial charge in [-0.1, -0.05) is 11.6 Å². The second-order valence-corrected chi connectivity index (χ2v) is 6.94. The number of hydrogen-bond donors (Lipinski definition) is 3. The van der Waals surface area contributed by atoms with Crippen molar-refractivity contribution in [2.24, 2.45) is 5.92 Å². The molecule has 9 heteroatoms. The first kappa shape index (κ1) is 17.4. The molecule has 1 saturated carbocycles. The van der Waals surface area contributed by atoms with Crippen LogP contribution < -0.4 is 16.2 Å². The molecular formula is C18H17ClN6O2. The van der Waals surface area contributed by atoms with Crippen molar-refractivity contribution in [2.45, 2.75) is 25.8 Å². The van der Waals surface area contributed by atoms with Crippen molar-refractivity contribution in [2.75, 3.05) is 10.6 Å². The smallest absolute Gasteiger partial charge is 0.272 e. The summed E-state index contributed by atoms with van der Waals surface area (Å²) < 4.78 is 0. The van der Waals surface area contributed by atoms with Gasteiger partial charge in [-0.15, -0.1) is 0 Å². The van der Waals surface area contributed by atoms with Crippen LogP contribution >= 0.6 is 11.6 Å². The Kier molecular flexibility index (Phi) is 4.49. The van der Waals surface area contributed by atoms with E-state index in [2.05, 4.69) is 30.6 Å². The Hall–Kier alpha value is -3.00. The summed E-state index contributed by atoms with van der Waals surface area (Å²) in [5.41, 5.74) is 1.20. The van der Waals surface area contributed by atoms with Crippen LogP contribution in [-0.2, 0) is 4.79 Å². The molecule has 1 fully saturated rings. The molecule has 0 aliphatic heterocycles. The zero-order valence-electron chi connectivity index (χ0n) is 14.5. The summed E-state index contributed by atoms with van der Waals surface area (Å²) in [5, 5.41) is 6.36. The number of hydrogen-bond acceptors (Lipinski definition) is 6. The van der Waals surface area contributed by atoms with Gasteiger partial charge in [0.1, 0.15) is 11.5 Å². The van der Waals surface area contributed by atoms with Gasteiger partial charge in [0.05, 0.1) is 17.1 Å². The number of nitrogens with one attached hydrogen (secondary N) is 3. The largest absolute Gasteiger partial charge is 0.346 e. The molecule has 2 aromatic heterocycles. The van der Waals surface area contributed by atoms with Crippen LogP contribution in [0.4, 0.5) is 11.8 Å². The van der Waals surface area contributed by atoms with Crippen molar-refractivity contribution in [3.8, 4) is 0 Å². The third-order valence-electron chi connectivity index (χ3n) is 4.29. The van der Waals surface area contributed by atoms with Crippen LogP contribution in [0.15, 0.2) is 35.3 Å². The number of aromatic nitrogens is 4. The van der Waals surface area contributed by atoms with E-state index in [0.717, 1.165) is 12.8 Å². The Balaban J connectivity index is 1.55. The topological polar surface area (TPSA) is 113 Å². The first-order valence-electron chi connectivity index (χ1n) is 8.59. The van der Waals surface area contributed by atoms with Gasteiger partial charge >= 0.3 is 0 Å². The summed E-state index contributed by atoms with van der Waals surface area (Å²) in [7, 11) is 0. The Morgan fingerprint density at radius 3 is 2.89 bits per heavy atom. The van der Waals surface area contributed by atoms with Crippen molar-refractivity contribution in [3.63, 3.8) is 0 Å². The molecule has 3 aromatic rings. The van der Waals surface area contributed by atoms with E-state index in [4.69, 9.17) is 11.6 Å². The number of carbonyl (C=O) groups excluding carboxylic acids is 1. The number of halogens is 1. The fourth-order valence-corrected chi connectivity index (χ4v) is 2.86. The quantitative estimate of drug-likeness (QED) is 0.623. The Labute approximate surface area is 159 Å². The van der Waals surface area contributed by atoms with Crippen LogP contribution in [0.1, 0.15) is 31.5 Å². The maximum Gasteiger partial charge on any atom is 0.272 e. The average Bonchev–Trinajstić information content (AvgIpc) is 3.47. The standard InChI is InChI=1S/C18H17ClN6O2/c1-9(15-17(27)23-12-5-4-11(19)8-13(12)22-15)21-18-20-7-6-14(25-18)24-16(26)10-2-3-10/h4-10H,2-3H2,1H3,(H,23,27)(H2,20,21,24,25,26)/t9-/m0/s1. The highest BCUT2D eigenvalue weighted by molar-refractivity contribution is 6.31. The molecular weight excluding hydrogens is 368 g/mol. The summed E-state index contributed by atoms with van der Waals surface area (Å²) in [6.45, 7) is 1.78. The molecule has 2 heterocycles. The number of benzene rings is 1. The van der Waals surface area contributed by atoms with Crippen LogP contribution in [0.3, 0.4) is 0 Å². The molecule has 1 aliphatic carbocycles. The van der Waals surface area contributed by atoms with Crippen molar-refractivity contribution >= 4 is 40.3 Å². The number of anilines is 2. The lowest BCUT2D eigenvalue weighted by atomic mass is 10.2. The summed E-state index contributed by atoms with van der Waals surface area (Å²) in [6.07, 6.45) is 3.38. The second-order valence-electron chi connectivity index (χ2n) is 6.51. The maximum atomic E-state index is 12.4. The van der Waals surface area contributed by atoms with Gasteiger partial charge in [-0.2, -0.15) is 4.98 Å². The van der Waals surface area contributed by atoms with E-state index >= 15 is 0 Å². The predicted octanol–water partition coefficient (Wildman–Crippen LogP) is 2.89. The molecule has 1 atom stereocenters. The van der Waals surface area contributed by atoms with Crippen LogP contribution in [0, 0.1) is 5.92 Å². The normalized spacial score (nSPS) is 14.7. The fourth-order valence-electron chi connectivity index (χ4n) is 2.70. The van der Waals surface area contributed by atoms with Crippen LogP contribution in [0.2, 0.25) is 5.02 Å². The van der Waals surface area contributed by atoms with E-state index in [0.29, 0.717) is 33.5 Å². The lowest BCUT2D eigenvalue weighted by Crippen LogP contribution is -2.22. The molecule has 3 N–H and O–H groups in total. The van der Waals surface area contributed by atoms with Crippen LogP contribution in [0.25, 0.3) is 11.0 Å². The fraction of sp³-hybridized carbons (Fsp3) is 0.278. The number of rotatable bonds is 5. The maximum absolute atomic E-state index is 12.4. The summed E-state index contributed by atoms with van der Waals surface area (Å²) in [4.78, 5) is 39.9. The molecule has 138 valence electrons. The first-order valence-corrected chi connectivity index (χ1v) is 8.97. The second kappa shape index (κ2) is 6.96. The van der Waals surface area contributed by atoms with Gasteiger partial charge in [-0.25, -0.2) is 9.97 Å². The molecule has 1 aromatic carbocycles. The van der Waals surface area contributed by atoms with Gasteiger partial charge in [-0.05, 0) is 44.0 Å². The minimum absolute atomic E-state index is 0.0304. The van der Waals surface area contributed by atoms with Gasteiger partial charge in [0.2, 0.25) is 11.9 Å². The Morgan fingerprint density at radius 1 is 1.30 bits per heavy atom. The zero-order chi connectivity index (χ0) is 19.0. The minimum atomic E-state index is -0.452. The van der Waals surface area contributed by atoms with Crippen LogP contribution in [-0.4, -0.2) is 25.8 Å². The molecule has 0 saturated heterocycles. The third kappa shape index (κ3) is 3.90. The summed E-state index contributed by atoms with van der Waals surface area (Å²) in [5.74, 6) is 0.770. The Morgan fingerprint density at radius 2 is 2.11 bits per heavy atom. The van der Waals surface area contributed by atoms with Crippen molar-refractivity contribution in [1.82, 2.24) is 19.9 Å². The minimum Gasteiger partial charge on any atom is -0.346 e. The summed E-state index contributed by atoms with van der Waals surface area (Å²) in [6, 6.07) is 6.26. The lowest BCUT2D eigenvalue weighted by molar-refractivity contribution is -0.117. The first-order chi connectivity index (χ1) is 13.0. The SMILES string of the molecule is C[C@H](Nc1nccc(NC(=O)C2CC2)n1)c1nc2cc(Cl)ccc2[nH]c1=O. The highest BCUT2D eigenvalue weighted by atomic mass is 35.5. The molecule has 1 aliphatic rings. The van der Waals surface area contributed by atoms with E-state index in [1.54, 1.807) is 37.4 Å². The monoisotopic (exact) mass is 384 g/mol. The molecule has 0 radical (unpaired) electrons. The summed E-state index contributed by atoms with van der Waals surface area (Å²) >= 11 is 6.00. The molecule has 0 bridgehead atoms. The van der Waals surface area contributed by atoms with Gasteiger partial charge in [0, 0.05) is 17.1 Å². The van der Waals surface area contributed by atoms with Crippen molar-refractivity contribution < 1.29 is 4.79 Å². The third-order valence-corrected chi connectivity index (χ3v) is 4.53. The van der Waals surface area contributed by atoms with E-state index in [9.17, 15) is 9.59 Å². The molecule has 0 unspecified atom stereocenters. The predicted molar refractivity (Wildman–Crippen MR) is 103 cm³/mol. The zero-order valence-corrected chi connectivity index (χ0v) is 15.2. The molecule has 27 heavy (non-hydrogen) atoms. The highest BCUT2D eigenvalue weighted by Crippen LogP contribution is 2.30. The molecule has 8 nitrogen and oxygen atoms in total. The van der Waals surface area contributed by atoms with Crippen molar-refractivity contribution in [1.29, 1.82) is 0 Å². The van der Waals surface area contributed by atoms with Gasteiger partial charge < -0.3 is 15.6 Å². The van der Waals surface area contributed by atoms with Gasteiger partial charge in [0.15, 0.2) is 0 Å². The number of carbonyl (C=O) groups is 1. The lowest BCUT2D eigenvalue weighted by Gasteiger charge is -2.14. The van der Waals surface area contributed by atoms with Crippen LogP contribution in [0.5, 0.6) is 0 Å². The average molecular weight is 385 g/mol. The number of nitrogens with zero attached hydrogens (tertiary/aromatic N) is 3. The number of aromatic amines is 1. The number of H-pyrrole nitrogens is 1.